The smallest absolute Gasteiger partial charge is 0.121 e. The Balaban J connectivity index is 1.78. The first-order valence-electron chi connectivity index (χ1n) is 7.72. The van der Waals surface area contributed by atoms with Crippen molar-refractivity contribution in [2.75, 3.05) is 26.7 Å². The number of hydrogen-bond acceptors (Lipinski definition) is 3. The molecule has 0 bridgehead atoms. The minimum atomic E-state index is 0.472. The van der Waals surface area contributed by atoms with E-state index in [-0.39, 0.29) is 0 Å². The number of rotatable bonds is 5. The zero-order chi connectivity index (χ0) is 13.4. The van der Waals surface area contributed by atoms with Crippen LogP contribution in [0.2, 0.25) is 0 Å². The summed E-state index contributed by atoms with van der Waals surface area (Å²) < 4.78 is 6.20. The Morgan fingerprint density at radius 3 is 2.74 bits per heavy atom. The van der Waals surface area contributed by atoms with E-state index in [9.17, 15) is 0 Å². The zero-order valence-corrected chi connectivity index (χ0v) is 12.4. The van der Waals surface area contributed by atoms with Crippen LogP contribution in [-0.2, 0) is 0 Å². The fourth-order valence-electron chi connectivity index (χ4n) is 3.61. The molecule has 1 aliphatic carbocycles. The zero-order valence-electron chi connectivity index (χ0n) is 12.4. The van der Waals surface area contributed by atoms with Gasteiger partial charge in [0.25, 0.3) is 0 Å². The third kappa shape index (κ3) is 2.46. The molecular formula is C16H26N2O. The Morgan fingerprint density at radius 2 is 2.11 bits per heavy atom. The predicted octanol–water partition coefficient (Wildman–Crippen LogP) is 3.01. The van der Waals surface area contributed by atoms with Crippen LogP contribution in [0.25, 0.3) is 0 Å². The molecule has 0 amide bonds. The molecule has 19 heavy (non-hydrogen) atoms. The summed E-state index contributed by atoms with van der Waals surface area (Å²) in [5, 5.41) is 3.33. The standard InChI is InChI=1S/C16H26N2O/c1-4-18-8-7-12(10-17-3)16(18)15-6-5-14(19-15)13-9-11(13)2/h5-6,11-13,16-17H,4,7-10H2,1-3H3. The van der Waals surface area contributed by atoms with Gasteiger partial charge in [0, 0.05) is 5.92 Å². The molecule has 1 N–H and O–H groups in total. The minimum absolute atomic E-state index is 0.472. The predicted molar refractivity (Wildman–Crippen MR) is 77.3 cm³/mol. The van der Waals surface area contributed by atoms with E-state index in [1.54, 1.807) is 0 Å². The van der Waals surface area contributed by atoms with Crippen LogP contribution in [0.3, 0.4) is 0 Å². The number of furan rings is 1. The fourth-order valence-corrected chi connectivity index (χ4v) is 3.61. The summed E-state index contributed by atoms with van der Waals surface area (Å²) in [4.78, 5) is 2.56. The highest BCUT2D eigenvalue weighted by atomic mass is 16.3. The van der Waals surface area contributed by atoms with Crippen LogP contribution in [0.1, 0.15) is 50.2 Å². The van der Waals surface area contributed by atoms with Crippen LogP contribution in [0.4, 0.5) is 0 Å². The van der Waals surface area contributed by atoms with Crippen molar-refractivity contribution in [1.29, 1.82) is 0 Å². The van der Waals surface area contributed by atoms with Crippen LogP contribution in [0.5, 0.6) is 0 Å². The first-order chi connectivity index (χ1) is 9.24. The molecule has 1 saturated carbocycles. The summed E-state index contributed by atoms with van der Waals surface area (Å²) in [6.07, 6.45) is 2.57. The van der Waals surface area contributed by atoms with E-state index in [2.05, 4.69) is 36.2 Å². The summed E-state index contributed by atoms with van der Waals surface area (Å²) >= 11 is 0. The second-order valence-corrected chi connectivity index (χ2v) is 6.24. The van der Waals surface area contributed by atoms with E-state index in [1.807, 2.05) is 7.05 Å². The number of likely N-dealkylation sites (tertiary alicyclic amines) is 1. The van der Waals surface area contributed by atoms with Gasteiger partial charge in [0.05, 0.1) is 6.04 Å². The molecule has 1 aromatic heterocycles. The maximum atomic E-state index is 6.20. The first-order valence-corrected chi connectivity index (χ1v) is 7.72. The summed E-state index contributed by atoms with van der Waals surface area (Å²) in [7, 11) is 2.05. The van der Waals surface area contributed by atoms with Crippen LogP contribution in [0.15, 0.2) is 16.5 Å². The van der Waals surface area contributed by atoms with Crippen LogP contribution >= 0.6 is 0 Å². The number of hydrogen-bond donors (Lipinski definition) is 1. The first kappa shape index (κ1) is 13.2. The Hall–Kier alpha value is -0.800. The van der Waals surface area contributed by atoms with Crippen LogP contribution < -0.4 is 5.32 Å². The lowest BCUT2D eigenvalue weighted by atomic mass is 9.98. The summed E-state index contributed by atoms with van der Waals surface area (Å²) in [5.41, 5.74) is 0. The summed E-state index contributed by atoms with van der Waals surface area (Å²) in [5.74, 6) is 4.59. The van der Waals surface area contributed by atoms with Gasteiger partial charge in [0.1, 0.15) is 11.5 Å². The fraction of sp³-hybridized carbons (Fsp3) is 0.750. The maximum absolute atomic E-state index is 6.20. The molecule has 2 heterocycles. The lowest BCUT2D eigenvalue weighted by molar-refractivity contribution is 0.204. The molecule has 1 saturated heterocycles. The highest BCUT2D eigenvalue weighted by Gasteiger charge is 2.39. The molecule has 3 heteroatoms. The Bertz CT molecular complexity index is 428. The molecule has 2 fully saturated rings. The molecule has 3 rings (SSSR count). The Kier molecular flexibility index (Phi) is 3.68. The molecule has 0 spiro atoms. The molecule has 0 radical (unpaired) electrons. The molecule has 1 aliphatic heterocycles. The van der Waals surface area contributed by atoms with E-state index in [0.717, 1.165) is 19.0 Å². The second-order valence-electron chi connectivity index (χ2n) is 6.24. The highest BCUT2D eigenvalue weighted by Crippen LogP contribution is 2.48. The van der Waals surface area contributed by atoms with Crippen molar-refractivity contribution in [3.63, 3.8) is 0 Å². The summed E-state index contributed by atoms with van der Waals surface area (Å²) in [6, 6.07) is 4.91. The average Bonchev–Trinajstić information content (AvgIpc) is 2.82. The van der Waals surface area contributed by atoms with Gasteiger partial charge in [0.15, 0.2) is 0 Å². The van der Waals surface area contributed by atoms with Gasteiger partial charge in [-0.1, -0.05) is 13.8 Å². The van der Waals surface area contributed by atoms with Crippen LogP contribution in [0, 0.1) is 11.8 Å². The molecular weight excluding hydrogens is 236 g/mol. The SMILES string of the molecule is CCN1CCC(CNC)C1c1ccc(C2CC2C)o1. The van der Waals surface area contributed by atoms with Crippen molar-refractivity contribution < 1.29 is 4.42 Å². The highest BCUT2D eigenvalue weighted by molar-refractivity contribution is 5.20. The van der Waals surface area contributed by atoms with Gasteiger partial charge in [-0.15, -0.1) is 0 Å². The van der Waals surface area contributed by atoms with E-state index < -0.39 is 0 Å². The lowest BCUT2D eigenvalue weighted by Gasteiger charge is -2.25. The topological polar surface area (TPSA) is 28.4 Å². The van der Waals surface area contributed by atoms with E-state index in [1.165, 1.54) is 30.9 Å². The van der Waals surface area contributed by atoms with Gasteiger partial charge in [-0.05, 0) is 63.5 Å². The van der Waals surface area contributed by atoms with Crippen LogP contribution in [-0.4, -0.2) is 31.6 Å². The maximum Gasteiger partial charge on any atom is 0.121 e. The van der Waals surface area contributed by atoms with Crippen molar-refractivity contribution in [3.05, 3.63) is 23.7 Å². The molecule has 1 aromatic rings. The molecule has 2 aliphatic rings. The normalized spacial score (nSPS) is 34.9. The van der Waals surface area contributed by atoms with E-state index in [4.69, 9.17) is 4.42 Å². The quantitative estimate of drug-likeness (QED) is 0.884. The third-order valence-electron chi connectivity index (χ3n) is 4.91. The molecule has 4 unspecified atom stereocenters. The van der Waals surface area contributed by atoms with Crippen molar-refractivity contribution in [2.24, 2.45) is 11.8 Å². The van der Waals surface area contributed by atoms with Crippen molar-refractivity contribution in [2.45, 2.75) is 38.6 Å². The van der Waals surface area contributed by atoms with E-state index >= 15 is 0 Å². The monoisotopic (exact) mass is 262 g/mol. The number of nitrogens with one attached hydrogen (secondary N) is 1. The van der Waals surface area contributed by atoms with Gasteiger partial charge in [-0.2, -0.15) is 0 Å². The van der Waals surface area contributed by atoms with Gasteiger partial charge in [0.2, 0.25) is 0 Å². The molecule has 3 nitrogen and oxygen atoms in total. The van der Waals surface area contributed by atoms with Crippen molar-refractivity contribution in [1.82, 2.24) is 10.2 Å². The largest absolute Gasteiger partial charge is 0.464 e. The summed E-state index contributed by atoms with van der Waals surface area (Å²) in [6.45, 7) is 7.95. The van der Waals surface area contributed by atoms with E-state index in [0.29, 0.717) is 17.9 Å². The minimum Gasteiger partial charge on any atom is -0.464 e. The third-order valence-corrected chi connectivity index (χ3v) is 4.91. The number of nitrogens with zero attached hydrogens (tertiary/aromatic N) is 1. The van der Waals surface area contributed by atoms with Gasteiger partial charge in [-0.3, -0.25) is 4.90 Å². The molecule has 4 atom stereocenters. The van der Waals surface area contributed by atoms with Gasteiger partial charge < -0.3 is 9.73 Å². The Morgan fingerprint density at radius 1 is 1.37 bits per heavy atom. The lowest BCUT2D eigenvalue weighted by Crippen LogP contribution is -2.28. The van der Waals surface area contributed by atoms with Crippen molar-refractivity contribution in [3.8, 4) is 0 Å². The average molecular weight is 262 g/mol. The molecule has 0 aromatic carbocycles. The Labute approximate surface area is 116 Å². The van der Waals surface area contributed by atoms with Crippen molar-refractivity contribution >= 4 is 0 Å². The molecule has 106 valence electrons. The van der Waals surface area contributed by atoms with Gasteiger partial charge in [-0.25, -0.2) is 0 Å². The second kappa shape index (κ2) is 5.29. The van der Waals surface area contributed by atoms with Gasteiger partial charge >= 0.3 is 0 Å².